The highest BCUT2D eigenvalue weighted by Gasteiger charge is 2.43. The maximum absolute atomic E-state index is 12.6. The number of hydrogen-bond acceptors (Lipinski definition) is 4. The van der Waals surface area contributed by atoms with Crippen LogP contribution < -0.4 is 5.32 Å². The molecule has 1 unspecified atom stereocenters. The zero-order chi connectivity index (χ0) is 18.9. The zero-order valence-electron chi connectivity index (χ0n) is 16.8. The lowest BCUT2D eigenvalue weighted by Gasteiger charge is -2.42. The highest BCUT2D eigenvalue weighted by Crippen LogP contribution is 2.44. The maximum atomic E-state index is 12.6. The Morgan fingerprint density at radius 1 is 1.20 bits per heavy atom. The Kier molecular flexibility index (Phi) is 6.15. The van der Waals surface area contributed by atoms with Gasteiger partial charge < -0.3 is 15.0 Å². The van der Waals surface area contributed by atoms with E-state index >= 15 is 0 Å². The van der Waals surface area contributed by atoms with E-state index < -0.39 is 0 Å². The molecule has 144 valence electrons. The Morgan fingerprint density at radius 2 is 1.80 bits per heavy atom. The Bertz CT molecular complexity index is 498. The van der Waals surface area contributed by atoms with E-state index in [-0.39, 0.29) is 47.4 Å². The molecule has 0 aromatic rings. The van der Waals surface area contributed by atoms with Gasteiger partial charge >= 0.3 is 0 Å². The molecule has 6 heteroatoms. The molecular formula is C19H35N3O3. The average molecular weight is 354 g/mol. The first-order valence-corrected chi connectivity index (χ1v) is 9.39. The fraction of sp³-hybridized carbons (Fsp3) is 0.895. The molecule has 2 amide bonds. The molecule has 0 aromatic heterocycles. The van der Waals surface area contributed by atoms with E-state index in [1.54, 1.807) is 12.0 Å². The molecule has 0 aromatic carbocycles. The minimum atomic E-state index is -0.213. The molecule has 0 bridgehead atoms. The number of methoxy groups -OCH3 is 1. The molecule has 1 N–H and O–H groups in total. The molecule has 1 aliphatic heterocycles. The number of likely N-dealkylation sites (N-methyl/N-ethyl adjacent to an activating group) is 1. The summed E-state index contributed by atoms with van der Waals surface area (Å²) < 4.78 is 5.58. The number of rotatable bonds is 6. The summed E-state index contributed by atoms with van der Waals surface area (Å²) in [6.45, 7) is 11.7. The second kappa shape index (κ2) is 7.62. The largest absolute Gasteiger partial charge is 0.378 e. The zero-order valence-corrected chi connectivity index (χ0v) is 16.8. The first kappa shape index (κ1) is 20.2. The number of carbonyl (C=O) groups is 2. The monoisotopic (exact) mass is 353 g/mol. The van der Waals surface area contributed by atoms with Crippen molar-refractivity contribution in [2.24, 2.45) is 11.3 Å². The van der Waals surface area contributed by atoms with Crippen molar-refractivity contribution < 1.29 is 14.3 Å². The number of nitrogens with zero attached hydrogens (tertiary/aromatic N) is 2. The fourth-order valence-corrected chi connectivity index (χ4v) is 3.96. The summed E-state index contributed by atoms with van der Waals surface area (Å²) in [6, 6.07) is -0.0938. The molecule has 2 rings (SSSR count). The first-order valence-electron chi connectivity index (χ1n) is 9.39. The van der Waals surface area contributed by atoms with Gasteiger partial charge in [0.2, 0.25) is 11.8 Å². The third-order valence-electron chi connectivity index (χ3n) is 5.92. The molecule has 1 saturated carbocycles. The Labute approximate surface area is 152 Å². The second-order valence-corrected chi connectivity index (χ2v) is 8.83. The summed E-state index contributed by atoms with van der Waals surface area (Å²) >= 11 is 0. The van der Waals surface area contributed by atoms with Gasteiger partial charge in [-0.15, -0.1) is 0 Å². The van der Waals surface area contributed by atoms with Crippen molar-refractivity contribution in [2.75, 3.05) is 27.2 Å². The summed E-state index contributed by atoms with van der Waals surface area (Å²) in [5.41, 5.74) is 0.284. The van der Waals surface area contributed by atoms with Gasteiger partial charge in [-0.3, -0.25) is 14.5 Å². The van der Waals surface area contributed by atoms with Crippen molar-refractivity contribution in [3.8, 4) is 0 Å². The molecule has 0 spiro atoms. The lowest BCUT2D eigenvalue weighted by Crippen LogP contribution is -2.50. The fourth-order valence-electron chi connectivity index (χ4n) is 3.96. The molecule has 25 heavy (non-hydrogen) atoms. The van der Waals surface area contributed by atoms with Crippen LogP contribution in [0.1, 0.15) is 47.5 Å². The highest BCUT2D eigenvalue weighted by molar-refractivity contribution is 5.82. The van der Waals surface area contributed by atoms with Gasteiger partial charge in [0, 0.05) is 39.2 Å². The van der Waals surface area contributed by atoms with Crippen molar-refractivity contribution in [3.63, 3.8) is 0 Å². The van der Waals surface area contributed by atoms with Crippen LogP contribution in [0.5, 0.6) is 0 Å². The topological polar surface area (TPSA) is 61.9 Å². The van der Waals surface area contributed by atoms with Crippen LogP contribution in [0.2, 0.25) is 0 Å². The number of likely N-dealkylation sites (tertiary alicyclic amines) is 1. The second-order valence-electron chi connectivity index (χ2n) is 8.83. The molecule has 2 fully saturated rings. The van der Waals surface area contributed by atoms with Crippen LogP contribution >= 0.6 is 0 Å². The molecule has 6 nitrogen and oxygen atoms in total. The third-order valence-corrected chi connectivity index (χ3v) is 5.92. The van der Waals surface area contributed by atoms with Gasteiger partial charge in [0.05, 0.1) is 18.2 Å². The summed E-state index contributed by atoms with van der Waals surface area (Å²) in [4.78, 5) is 29.0. The van der Waals surface area contributed by atoms with Gasteiger partial charge in [0.25, 0.3) is 0 Å². The van der Waals surface area contributed by atoms with Crippen LogP contribution in [0.3, 0.4) is 0 Å². The maximum Gasteiger partial charge on any atom is 0.239 e. The van der Waals surface area contributed by atoms with Crippen LogP contribution in [0.15, 0.2) is 0 Å². The predicted octanol–water partition coefficient (Wildman–Crippen LogP) is 1.49. The van der Waals surface area contributed by atoms with Crippen LogP contribution in [0.4, 0.5) is 0 Å². The number of nitrogens with one attached hydrogen (secondary N) is 1. The molecule has 1 aliphatic carbocycles. The molecule has 3 atom stereocenters. The van der Waals surface area contributed by atoms with E-state index in [0.717, 1.165) is 12.8 Å². The highest BCUT2D eigenvalue weighted by atomic mass is 16.5. The summed E-state index contributed by atoms with van der Waals surface area (Å²) in [7, 11) is 3.51. The minimum Gasteiger partial charge on any atom is -0.378 e. The van der Waals surface area contributed by atoms with Crippen molar-refractivity contribution in [3.05, 3.63) is 0 Å². The van der Waals surface area contributed by atoms with E-state index in [9.17, 15) is 9.59 Å². The van der Waals surface area contributed by atoms with Gasteiger partial charge in [-0.2, -0.15) is 0 Å². The smallest absolute Gasteiger partial charge is 0.239 e. The molecule has 1 saturated heterocycles. The standard InChI is InChI=1S/C19H35N3O3/c1-12(2)21(6)18(24)13(3)22-10-15(16(11-22)25-7)20-17(23)14-8-19(4,5)9-14/h12-16H,8-11H2,1-7H3,(H,20,23)/t13?,15-,16-/m1/s1. The SMILES string of the molecule is CO[C@@H]1CN(C(C)C(=O)N(C)C(C)C)C[C@H]1NC(=O)C1CC(C)(C)C1. The Hall–Kier alpha value is -1.14. The third kappa shape index (κ3) is 4.53. The number of hydrogen-bond donors (Lipinski definition) is 1. The van der Waals surface area contributed by atoms with Crippen molar-refractivity contribution in [1.82, 2.24) is 15.1 Å². The quantitative estimate of drug-likeness (QED) is 0.786. The summed E-state index contributed by atoms with van der Waals surface area (Å²) in [5.74, 6) is 0.358. The van der Waals surface area contributed by atoms with Gasteiger partial charge in [-0.05, 0) is 39.0 Å². The lowest BCUT2D eigenvalue weighted by atomic mass is 9.64. The number of carbonyl (C=O) groups excluding carboxylic acids is 2. The van der Waals surface area contributed by atoms with Crippen LogP contribution in [0, 0.1) is 11.3 Å². The van der Waals surface area contributed by atoms with Crippen LogP contribution in [0.25, 0.3) is 0 Å². The van der Waals surface area contributed by atoms with Gasteiger partial charge in [0.15, 0.2) is 0 Å². The lowest BCUT2D eigenvalue weighted by molar-refractivity contribution is -0.136. The number of ether oxygens (including phenoxy) is 1. The molecular weight excluding hydrogens is 318 g/mol. The normalized spacial score (nSPS) is 27.8. The van der Waals surface area contributed by atoms with E-state index in [4.69, 9.17) is 4.74 Å². The molecule has 1 heterocycles. The van der Waals surface area contributed by atoms with Gasteiger partial charge in [-0.25, -0.2) is 0 Å². The summed E-state index contributed by atoms with van der Waals surface area (Å²) in [6.07, 6.45) is 1.82. The van der Waals surface area contributed by atoms with E-state index in [1.807, 2.05) is 27.8 Å². The van der Waals surface area contributed by atoms with Gasteiger partial charge in [0.1, 0.15) is 0 Å². The van der Waals surface area contributed by atoms with Gasteiger partial charge in [-0.1, -0.05) is 13.8 Å². The van der Waals surface area contributed by atoms with Crippen molar-refractivity contribution >= 4 is 11.8 Å². The average Bonchev–Trinajstić information content (AvgIpc) is 2.92. The van der Waals surface area contributed by atoms with E-state index in [0.29, 0.717) is 13.1 Å². The molecule has 0 radical (unpaired) electrons. The van der Waals surface area contributed by atoms with E-state index in [2.05, 4.69) is 24.1 Å². The van der Waals surface area contributed by atoms with Crippen LogP contribution in [-0.4, -0.2) is 73.1 Å². The number of amides is 2. The first-order chi connectivity index (χ1) is 11.6. The molecule has 2 aliphatic rings. The van der Waals surface area contributed by atoms with Crippen LogP contribution in [-0.2, 0) is 14.3 Å². The Morgan fingerprint density at radius 3 is 2.28 bits per heavy atom. The summed E-state index contributed by atoms with van der Waals surface area (Å²) in [5, 5.41) is 3.16. The van der Waals surface area contributed by atoms with Crippen molar-refractivity contribution in [1.29, 1.82) is 0 Å². The Balaban J connectivity index is 1.93. The predicted molar refractivity (Wildman–Crippen MR) is 98.2 cm³/mol. The minimum absolute atomic E-state index is 0.0548. The van der Waals surface area contributed by atoms with E-state index in [1.165, 1.54) is 0 Å². The van der Waals surface area contributed by atoms with Crippen molar-refractivity contribution in [2.45, 2.75) is 71.7 Å².